The molecule has 31 heavy (non-hydrogen) atoms. The van der Waals surface area contributed by atoms with Crippen LogP contribution in [0.1, 0.15) is 36.1 Å². The summed E-state index contributed by atoms with van der Waals surface area (Å²) in [5.74, 6) is 0.251. The van der Waals surface area contributed by atoms with E-state index < -0.39 is 6.04 Å². The predicted octanol–water partition coefficient (Wildman–Crippen LogP) is 4.44. The molecule has 2 amide bonds. The van der Waals surface area contributed by atoms with Crippen LogP contribution in [-0.2, 0) is 11.8 Å². The molecule has 0 fully saturated rings. The fourth-order valence-corrected chi connectivity index (χ4v) is 4.47. The molecule has 2 N–H and O–H groups in total. The van der Waals surface area contributed by atoms with Crippen LogP contribution in [0.2, 0.25) is 10.0 Å². The van der Waals surface area contributed by atoms with Crippen LogP contribution in [0, 0.1) is 5.92 Å². The van der Waals surface area contributed by atoms with Gasteiger partial charge in [0.25, 0.3) is 5.91 Å². The van der Waals surface area contributed by atoms with E-state index in [0.29, 0.717) is 26.7 Å². The molecule has 0 saturated heterocycles. The maximum absolute atomic E-state index is 12.8. The van der Waals surface area contributed by atoms with Crippen molar-refractivity contribution in [2.24, 2.45) is 13.0 Å². The molecule has 164 valence electrons. The first kappa shape index (κ1) is 23.5. The zero-order valence-corrected chi connectivity index (χ0v) is 20.1. The van der Waals surface area contributed by atoms with Crippen LogP contribution < -0.4 is 10.6 Å². The molecule has 0 saturated carbocycles. The minimum Gasteiger partial charge on any atom is -0.342 e. The number of thioether (sulfide) groups is 1. The number of nitrogens with one attached hydrogen (secondary N) is 2. The summed E-state index contributed by atoms with van der Waals surface area (Å²) in [6.07, 6.45) is 1.62. The molecule has 3 rings (SSSR count). The van der Waals surface area contributed by atoms with E-state index in [1.807, 2.05) is 13.8 Å². The Morgan fingerprint density at radius 2 is 2.03 bits per heavy atom. The molecule has 0 unspecified atom stereocenters. The number of halogens is 2. The van der Waals surface area contributed by atoms with Crippen LogP contribution in [0.4, 0.5) is 5.13 Å². The number of benzene rings is 1. The average molecular weight is 499 g/mol. The van der Waals surface area contributed by atoms with Crippen molar-refractivity contribution >= 4 is 63.2 Å². The predicted molar refractivity (Wildman–Crippen MR) is 124 cm³/mol. The lowest BCUT2D eigenvalue weighted by atomic mass is 10.0. The first-order valence-corrected chi connectivity index (χ1v) is 11.9. The van der Waals surface area contributed by atoms with Crippen LogP contribution in [0.15, 0.2) is 34.9 Å². The van der Waals surface area contributed by atoms with Crippen LogP contribution in [0.3, 0.4) is 0 Å². The smallest absolute Gasteiger partial charge is 0.253 e. The van der Waals surface area contributed by atoms with Gasteiger partial charge in [-0.1, -0.05) is 48.8 Å². The fourth-order valence-electron chi connectivity index (χ4n) is 2.72. The number of aromatic nitrogens is 4. The van der Waals surface area contributed by atoms with Crippen molar-refractivity contribution in [3.8, 4) is 0 Å². The normalized spacial score (nSPS) is 12.1. The van der Waals surface area contributed by atoms with E-state index in [2.05, 4.69) is 25.8 Å². The summed E-state index contributed by atoms with van der Waals surface area (Å²) in [7, 11) is 1.80. The standard InChI is InChI=1S/C19H20Cl2N6O2S2/c1-10(2)15(24-17(29)12-5-4-11(20)8-13(12)21)16-25-26-19(27(16)3)31-9-14(28)23-18-22-6-7-30-18/h4-8,10,15H,9H2,1-3H3,(H,24,29)(H,22,23,28)/t15-/m0/s1. The average Bonchev–Trinajstić information content (AvgIpc) is 3.34. The van der Waals surface area contributed by atoms with Gasteiger partial charge in [0.05, 0.1) is 22.4 Å². The summed E-state index contributed by atoms with van der Waals surface area (Å²) in [5.41, 5.74) is 0.326. The van der Waals surface area contributed by atoms with Crippen molar-refractivity contribution < 1.29 is 9.59 Å². The second-order valence-corrected chi connectivity index (χ2v) is 9.57. The Bertz CT molecular complexity index is 1070. The SMILES string of the molecule is CC(C)[C@H](NC(=O)c1ccc(Cl)cc1Cl)c1nnc(SCC(=O)Nc2nccs2)n1C. The Hall–Kier alpha value is -2.14. The number of rotatable bonds is 8. The van der Waals surface area contributed by atoms with E-state index in [1.165, 1.54) is 29.2 Å². The first-order chi connectivity index (χ1) is 14.8. The Morgan fingerprint density at radius 1 is 1.26 bits per heavy atom. The largest absolute Gasteiger partial charge is 0.342 e. The molecule has 8 nitrogen and oxygen atoms in total. The monoisotopic (exact) mass is 498 g/mol. The van der Waals surface area contributed by atoms with Crippen LogP contribution in [0.25, 0.3) is 0 Å². The van der Waals surface area contributed by atoms with Crippen molar-refractivity contribution in [2.45, 2.75) is 25.0 Å². The summed E-state index contributed by atoms with van der Waals surface area (Å²) >= 11 is 14.7. The molecule has 0 aliphatic heterocycles. The second-order valence-electron chi connectivity index (χ2n) is 6.89. The molecule has 3 aromatic rings. The van der Waals surface area contributed by atoms with Gasteiger partial charge < -0.3 is 15.2 Å². The summed E-state index contributed by atoms with van der Waals surface area (Å²) < 4.78 is 1.77. The molecule has 1 atom stereocenters. The highest BCUT2D eigenvalue weighted by molar-refractivity contribution is 7.99. The molecular formula is C19H20Cl2N6O2S2. The molecule has 0 aliphatic rings. The van der Waals surface area contributed by atoms with E-state index in [4.69, 9.17) is 23.2 Å². The Balaban J connectivity index is 1.69. The third-order valence-corrected chi connectivity index (χ3v) is 6.54. The van der Waals surface area contributed by atoms with Crippen LogP contribution >= 0.6 is 46.3 Å². The molecule has 0 spiro atoms. The number of carbonyl (C=O) groups is 2. The molecule has 1 aromatic carbocycles. The van der Waals surface area contributed by atoms with Crippen molar-refractivity contribution in [3.05, 3.63) is 51.2 Å². The third kappa shape index (κ3) is 5.97. The van der Waals surface area contributed by atoms with Gasteiger partial charge in [0.15, 0.2) is 16.1 Å². The summed E-state index contributed by atoms with van der Waals surface area (Å²) in [4.78, 5) is 28.9. The summed E-state index contributed by atoms with van der Waals surface area (Å²) in [6, 6.07) is 4.31. The van der Waals surface area contributed by atoms with Gasteiger partial charge in [0, 0.05) is 23.6 Å². The summed E-state index contributed by atoms with van der Waals surface area (Å²) in [5, 5.41) is 17.8. The molecule has 0 radical (unpaired) electrons. The van der Waals surface area contributed by atoms with Crippen molar-refractivity contribution in [1.29, 1.82) is 0 Å². The van der Waals surface area contributed by atoms with E-state index in [1.54, 1.807) is 35.3 Å². The highest BCUT2D eigenvalue weighted by Gasteiger charge is 2.26. The van der Waals surface area contributed by atoms with Crippen LogP contribution in [-0.4, -0.2) is 37.3 Å². The number of carbonyl (C=O) groups excluding carboxylic acids is 2. The molecular weight excluding hydrogens is 479 g/mol. The third-order valence-electron chi connectivity index (χ3n) is 4.29. The van der Waals surface area contributed by atoms with Crippen molar-refractivity contribution in [3.63, 3.8) is 0 Å². The van der Waals surface area contributed by atoms with Crippen LogP contribution in [0.5, 0.6) is 0 Å². The molecule has 2 heterocycles. The Kier molecular flexibility index (Phi) is 7.93. The Labute approximate surface area is 197 Å². The van der Waals surface area contributed by atoms with Gasteiger partial charge in [-0.2, -0.15) is 0 Å². The highest BCUT2D eigenvalue weighted by Crippen LogP contribution is 2.26. The van der Waals surface area contributed by atoms with Gasteiger partial charge in [-0.3, -0.25) is 9.59 Å². The Morgan fingerprint density at radius 3 is 2.68 bits per heavy atom. The number of nitrogens with zero attached hydrogens (tertiary/aromatic N) is 4. The van der Waals surface area contributed by atoms with Gasteiger partial charge in [0.2, 0.25) is 5.91 Å². The lowest BCUT2D eigenvalue weighted by Gasteiger charge is -2.22. The van der Waals surface area contributed by atoms with E-state index in [9.17, 15) is 9.59 Å². The zero-order chi connectivity index (χ0) is 22.5. The molecule has 0 bridgehead atoms. The maximum atomic E-state index is 12.8. The highest BCUT2D eigenvalue weighted by atomic mass is 35.5. The quantitative estimate of drug-likeness (QED) is 0.445. The van der Waals surface area contributed by atoms with E-state index >= 15 is 0 Å². The number of anilines is 1. The second kappa shape index (κ2) is 10.4. The van der Waals surface area contributed by atoms with Gasteiger partial charge in [-0.25, -0.2) is 4.98 Å². The lowest BCUT2D eigenvalue weighted by Crippen LogP contribution is -2.33. The maximum Gasteiger partial charge on any atom is 0.253 e. The van der Waals surface area contributed by atoms with E-state index in [-0.39, 0.29) is 28.5 Å². The van der Waals surface area contributed by atoms with Gasteiger partial charge >= 0.3 is 0 Å². The summed E-state index contributed by atoms with van der Waals surface area (Å²) in [6.45, 7) is 3.94. The minimum absolute atomic E-state index is 0.0315. The molecule has 12 heteroatoms. The minimum atomic E-state index is -0.407. The van der Waals surface area contributed by atoms with E-state index in [0.717, 1.165) is 0 Å². The number of amides is 2. The number of thiazole rings is 1. The van der Waals surface area contributed by atoms with Crippen molar-refractivity contribution in [1.82, 2.24) is 25.1 Å². The van der Waals surface area contributed by atoms with Gasteiger partial charge in [-0.15, -0.1) is 21.5 Å². The fraction of sp³-hybridized carbons (Fsp3) is 0.316. The first-order valence-electron chi connectivity index (χ1n) is 9.23. The number of hydrogen-bond donors (Lipinski definition) is 2. The van der Waals surface area contributed by atoms with Crippen molar-refractivity contribution in [2.75, 3.05) is 11.1 Å². The molecule has 2 aromatic heterocycles. The van der Waals surface area contributed by atoms with Gasteiger partial charge in [-0.05, 0) is 24.1 Å². The van der Waals surface area contributed by atoms with Gasteiger partial charge in [0.1, 0.15) is 0 Å². The topological polar surface area (TPSA) is 102 Å². The zero-order valence-electron chi connectivity index (χ0n) is 16.9. The molecule has 0 aliphatic carbocycles. The lowest BCUT2D eigenvalue weighted by molar-refractivity contribution is -0.113. The number of hydrogen-bond acceptors (Lipinski definition) is 7.